The fourth-order valence-electron chi connectivity index (χ4n) is 3.87. The molecular formula is C24H24N4O3. The zero-order chi connectivity index (χ0) is 21.0. The van der Waals surface area contributed by atoms with Crippen LogP contribution in [0.15, 0.2) is 60.8 Å². The maximum Gasteiger partial charge on any atom is 0.254 e. The summed E-state index contributed by atoms with van der Waals surface area (Å²) in [5.74, 6) is 2.97. The van der Waals surface area contributed by atoms with Crippen molar-refractivity contribution in [3.8, 4) is 22.9 Å². The Bertz CT molecular complexity index is 1070. The fraction of sp³-hybridized carbons (Fsp3) is 0.292. The zero-order valence-electron chi connectivity index (χ0n) is 17.2. The van der Waals surface area contributed by atoms with Crippen LogP contribution < -0.4 is 14.4 Å². The van der Waals surface area contributed by atoms with E-state index in [0.29, 0.717) is 49.2 Å². The van der Waals surface area contributed by atoms with E-state index in [4.69, 9.17) is 14.5 Å². The molecule has 0 atom stereocenters. The number of rotatable bonds is 3. The quantitative estimate of drug-likeness (QED) is 0.653. The number of carbonyl (C=O) groups is 1. The Morgan fingerprint density at radius 1 is 0.871 bits per heavy atom. The van der Waals surface area contributed by atoms with E-state index in [1.54, 1.807) is 12.3 Å². The van der Waals surface area contributed by atoms with Crippen molar-refractivity contribution >= 4 is 11.7 Å². The van der Waals surface area contributed by atoms with Crippen molar-refractivity contribution in [2.45, 2.75) is 6.42 Å². The van der Waals surface area contributed by atoms with E-state index < -0.39 is 0 Å². The maximum atomic E-state index is 13.0. The summed E-state index contributed by atoms with van der Waals surface area (Å²) in [6, 6.07) is 17.3. The molecule has 1 amide bonds. The molecule has 2 aliphatic heterocycles. The Morgan fingerprint density at radius 3 is 2.45 bits per heavy atom. The SMILES string of the molecule is O=C(c1ccc2c(c1)OCCCO2)N1CCN(c2ccnc(-c3ccccc3)n2)CC1. The average molecular weight is 416 g/mol. The summed E-state index contributed by atoms with van der Waals surface area (Å²) >= 11 is 0. The number of ether oxygens (including phenoxy) is 2. The molecule has 0 aliphatic carbocycles. The van der Waals surface area contributed by atoms with Gasteiger partial charge in [-0.2, -0.15) is 0 Å². The first kappa shape index (κ1) is 19.4. The third kappa shape index (κ3) is 4.17. The summed E-state index contributed by atoms with van der Waals surface area (Å²) in [6.07, 6.45) is 2.63. The molecule has 158 valence electrons. The smallest absolute Gasteiger partial charge is 0.254 e. The first-order chi connectivity index (χ1) is 15.3. The highest BCUT2D eigenvalue weighted by Gasteiger charge is 2.24. The minimum atomic E-state index is 0.0166. The van der Waals surface area contributed by atoms with E-state index >= 15 is 0 Å². The molecule has 3 aromatic rings. The Morgan fingerprint density at radius 2 is 1.65 bits per heavy atom. The molecule has 2 aromatic carbocycles. The van der Waals surface area contributed by atoms with Crippen LogP contribution in [-0.4, -0.2) is 60.2 Å². The largest absolute Gasteiger partial charge is 0.490 e. The number of hydrogen-bond donors (Lipinski definition) is 0. The lowest BCUT2D eigenvalue weighted by atomic mass is 10.1. The second-order valence-electron chi connectivity index (χ2n) is 7.60. The number of aromatic nitrogens is 2. The van der Waals surface area contributed by atoms with Crippen LogP contribution in [0, 0.1) is 0 Å². The van der Waals surface area contributed by atoms with Crippen LogP contribution in [0.25, 0.3) is 11.4 Å². The third-order valence-electron chi connectivity index (χ3n) is 5.56. The molecule has 3 heterocycles. The predicted octanol–water partition coefficient (Wildman–Crippen LogP) is 3.27. The fourth-order valence-corrected chi connectivity index (χ4v) is 3.87. The lowest BCUT2D eigenvalue weighted by Gasteiger charge is -2.35. The molecule has 1 fully saturated rings. The Labute approximate surface area is 181 Å². The minimum Gasteiger partial charge on any atom is -0.490 e. The average Bonchev–Trinajstić information content (AvgIpc) is 3.09. The second kappa shape index (κ2) is 8.63. The van der Waals surface area contributed by atoms with Crippen LogP contribution in [0.2, 0.25) is 0 Å². The maximum absolute atomic E-state index is 13.0. The molecule has 7 heteroatoms. The number of hydrogen-bond acceptors (Lipinski definition) is 6. The van der Waals surface area contributed by atoms with Gasteiger partial charge in [0.2, 0.25) is 0 Å². The highest BCUT2D eigenvalue weighted by atomic mass is 16.5. The third-order valence-corrected chi connectivity index (χ3v) is 5.56. The molecule has 7 nitrogen and oxygen atoms in total. The van der Waals surface area contributed by atoms with Gasteiger partial charge in [-0.3, -0.25) is 4.79 Å². The van der Waals surface area contributed by atoms with E-state index in [2.05, 4.69) is 9.88 Å². The molecule has 31 heavy (non-hydrogen) atoms. The zero-order valence-corrected chi connectivity index (χ0v) is 17.2. The van der Waals surface area contributed by atoms with Gasteiger partial charge in [0.05, 0.1) is 13.2 Å². The van der Waals surface area contributed by atoms with Crippen LogP contribution >= 0.6 is 0 Å². The molecular weight excluding hydrogens is 392 g/mol. The Balaban J connectivity index is 1.26. The minimum absolute atomic E-state index is 0.0166. The number of carbonyl (C=O) groups excluding carboxylic acids is 1. The lowest BCUT2D eigenvalue weighted by molar-refractivity contribution is 0.0746. The van der Waals surface area contributed by atoms with Gasteiger partial charge >= 0.3 is 0 Å². The standard InChI is InChI=1S/C24H24N4O3/c29-24(19-7-8-20-21(17-19)31-16-4-15-30-20)28-13-11-27(12-14-28)22-9-10-25-23(26-22)18-5-2-1-3-6-18/h1-3,5-10,17H,4,11-16H2. The van der Waals surface area contributed by atoms with E-state index in [1.807, 2.05) is 53.4 Å². The van der Waals surface area contributed by atoms with Gasteiger partial charge in [-0.15, -0.1) is 0 Å². The van der Waals surface area contributed by atoms with Gasteiger partial charge in [-0.25, -0.2) is 9.97 Å². The number of fused-ring (bicyclic) bond motifs is 1. The van der Waals surface area contributed by atoms with Gasteiger partial charge in [-0.1, -0.05) is 30.3 Å². The first-order valence-electron chi connectivity index (χ1n) is 10.6. The molecule has 0 bridgehead atoms. The van der Waals surface area contributed by atoms with E-state index in [-0.39, 0.29) is 5.91 Å². The molecule has 0 N–H and O–H groups in total. The van der Waals surface area contributed by atoms with Crippen molar-refractivity contribution in [1.82, 2.24) is 14.9 Å². The van der Waals surface area contributed by atoms with Gasteiger partial charge in [-0.05, 0) is 24.3 Å². The highest BCUT2D eigenvalue weighted by Crippen LogP contribution is 2.31. The van der Waals surface area contributed by atoms with Gasteiger partial charge < -0.3 is 19.3 Å². The monoisotopic (exact) mass is 416 g/mol. The van der Waals surface area contributed by atoms with Gasteiger partial charge in [0.25, 0.3) is 5.91 Å². The van der Waals surface area contributed by atoms with Crippen LogP contribution in [0.3, 0.4) is 0 Å². The molecule has 0 radical (unpaired) electrons. The summed E-state index contributed by atoms with van der Waals surface area (Å²) in [5, 5.41) is 0. The Kier molecular flexibility index (Phi) is 5.39. The number of anilines is 1. The summed E-state index contributed by atoms with van der Waals surface area (Å²) in [4.78, 5) is 26.3. The summed E-state index contributed by atoms with van der Waals surface area (Å²) in [5.41, 5.74) is 1.62. The van der Waals surface area contributed by atoms with E-state index in [9.17, 15) is 4.79 Å². The lowest BCUT2D eigenvalue weighted by Crippen LogP contribution is -2.49. The first-order valence-corrected chi connectivity index (χ1v) is 10.6. The number of amides is 1. The van der Waals surface area contributed by atoms with Crippen LogP contribution in [0.1, 0.15) is 16.8 Å². The molecule has 1 saturated heterocycles. The molecule has 5 rings (SSSR count). The summed E-state index contributed by atoms with van der Waals surface area (Å²) < 4.78 is 11.4. The van der Waals surface area contributed by atoms with Gasteiger partial charge in [0.1, 0.15) is 5.82 Å². The number of nitrogens with zero attached hydrogens (tertiary/aromatic N) is 4. The molecule has 0 unspecified atom stereocenters. The number of piperazine rings is 1. The van der Waals surface area contributed by atoms with Crippen molar-refractivity contribution in [2.75, 3.05) is 44.3 Å². The van der Waals surface area contributed by atoms with E-state index in [0.717, 1.165) is 30.9 Å². The highest BCUT2D eigenvalue weighted by molar-refractivity contribution is 5.95. The topological polar surface area (TPSA) is 67.8 Å². The second-order valence-corrected chi connectivity index (χ2v) is 7.60. The predicted molar refractivity (Wildman–Crippen MR) is 118 cm³/mol. The summed E-state index contributed by atoms with van der Waals surface area (Å²) in [6.45, 7) is 3.96. The van der Waals surface area contributed by atoms with Crippen LogP contribution in [0.4, 0.5) is 5.82 Å². The van der Waals surface area contributed by atoms with Crippen molar-refractivity contribution < 1.29 is 14.3 Å². The van der Waals surface area contributed by atoms with Crippen LogP contribution in [-0.2, 0) is 0 Å². The van der Waals surface area contributed by atoms with E-state index in [1.165, 1.54) is 0 Å². The van der Waals surface area contributed by atoms with Crippen molar-refractivity contribution in [1.29, 1.82) is 0 Å². The van der Waals surface area contributed by atoms with Crippen molar-refractivity contribution in [3.05, 3.63) is 66.4 Å². The summed E-state index contributed by atoms with van der Waals surface area (Å²) in [7, 11) is 0. The Hall–Kier alpha value is -3.61. The number of benzene rings is 2. The van der Waals surface area contributed by atoms with Crippen molar-refractivity contribution in [3.63, 3.8) is 0 Å². The van der Waals surface area contributed by atoms with Crippen molar-refractivity contribution in [2.24, 2.45) is 0 Å². The van der Waals surface area contributed by atoms with Gasteiger partial charge in [0, 0.05) is 49.9 Å². The molecule has 0 spiro atoms. The molecule has 2 aliphatic rings. The normalized spacial score (nSPS) is 16.0. The molecule has 0 saturated carbocycles. The van der Waals surface area contributed by atoms with Gasteiger partial charge in [0.15, 0.2) is 17.3 Å². The molecule has 1 aromatic heterocycles. The van der Waals surface area contributed by atoms with Crippen LogP contribution in [0.5, 0.6) is 11.5 Å².